The Balaban J connectivity index is 1.75. The highest BCUT2D eigenvalue weighted by atomic mass is 35.5. The lowest BCUT2D eigenvalue weighted by atomic mass is 10.3. The first-order valence-electron chi connectivity index (χ1n) is 5.41. The molecule has 0 amide bonds. The third kappa shape index (κ3) is 3.39. The number of hydrogen-bond acceptors (Lipinski definition) is 3. The first kappa shape index (κ1) is 11.8. The molecule has 0 fully saturated rings. The molecule has 17 heavy (non-hydrogen) atoms. The maximum atomic E-state index is 5.96. The van der Waals surface area contributed by atoms with Crippen LogP contribution in [-0.4, -0.2) is 16.4 Å². The fourth-order valence-corrected chi connectivity index (χ4v) is 1.66. The van der Waals surface area contributed by atoms with Gasteiger partial charge in [0, 0.05) is 19.2 Å². The van der Waals surface area contributed by atoms with Crippen LogP contribution in [-0.2, 0) is 6.54 Å². The summed E-state index contributed by atoms with van der Waals surface area (Å²) < 4.78 is 7.36. The first-order valence-corrected chi connectivity index (χ1v) is 5.79. The molecule has 0 aliphatic heterocycles. The molecule has 2 N–H and O–H groups in total. The molecule has 1 aromatic heterocycles. The van der Waals surface area contributed by atoms with Gasteiger partial charge in [-0.3, -0.25) is 4.68 Å². The van der Waals surface area contributed by atoms with Crippen LogP contribution in [0.25, 0.3) is 0 Å². The standard InChI is InChI=1S/C12H14ClN3O/c13-11-4-1-2-5-12(11)17-7-3-6-16-9-10(14)8-15-16/h1-2,4-5,8-9H,3,6-7,14H2. The predicted octanol–water partition coefficient (Wildman–Crippen LogP) is 2.59. The summed E-state index contributed by atoms with van der Waals surface area (Å²) >= 11 is 5.96. The van der Waals surface area contributed by atoms with Crippen LogP contribution in [0.4, 0.5) is 5.69 Å². The van der Waals surface area contributed by atoms with Gasteiger partial charge in [0.25, 0.3) is 0 Å². The molecule has 0 unspecified atom stereocenters. The topological polar surface area (TPSA) is 53.1 Å². The van der Waals surface area contributed by atoms with E-state index in [2.05, 4.69) is 5.10 Å². The van der Waals surface area contributed by atoms with Crippen molar-refractivity contribution in [1.29, 1.82) is 0 Å². The lowest BCUT2D eigenvalue weighted by molar-refractivity contribution is 0.299. The number of para-hydroxylation sites is 1. The Kier molecular flexibility index (Phi) is 3.88. The molecule has 0 atom stereocenters. The van der Waals surface area contributed by atoms with Crippen LogP contribution in [0.2, 0.25) is 5.02 Å². The largest absolute Gasteiger partial charge is 0.492 e. The van der Waals surface area contributed by atoms with E-state index in [1.54, 1.807) is 17.1 Å². The fourth-order valence-electron chi connectivity index (χ4n) is 1.47. The summed E-state index contributed by atoms with van der Waals surface area (Å²) in [7, 11) is 0. The number of ether oxygens (including phenoxy) is 1. The molecule has 2 aromatic rings. The number of benzene rings is 1. The average Bonchev–Trinajstić information content (AvgIpc) is 2.73. The summed E-state index contributed by atoms with van der Waals surface area (Å²) in [4.78, 5) is 0. The highest BCUT2D eigenvalue weighted by Gasteiger charge is 1.99. The molecule has 0 saturated heterocycles. The lowest BCUT2D eigenvalue weighted by Gasteiger charge is -2.07. The van der Waals surface area contributed by atoms with Gasteiger partial charge in [-0.15, -0.1) is 0 Å². The molecule has 1 heterocycles. The molecule has 4 nitrogen and oxygen atoms in total. The Morgan fingerprint density at radius 1 is 1.35 bits per heavy atom. The molecule has 2 rings (SSSR count). The molecule has 1 aromatic carbocycles. The van der Waals surface area contributed by atoms with Crippen LogP contribution in [0.5, 0.6) is 5.75 Å². The second-order valence-corrected chi connectivity index (χ2v) is 4.08. The van der Waals surface area contributed by atoms with Crippen LogP contribution in [0.1, 0.15) is 6.42 Å². The molecule has 0 saturated carbocycles. The number of halogens is 1. The summed E-state index contributed by atoms with van der Waals surface area (Å²) in [6.07, 6.45) is 4.29. The van der Waals surface area contributed by atoms with Gasteiger partial charge in [0.05, 0.1) is 23.5 Å². The van der Waals surface area contributed by atoms with Crippen LogP contribution >= 0.6 is 11.6 Å². The highest BCUT2D eigenvalue weighted by Crippen LogP contribution is 2.23. The maximum absolute atomic E-state index is 5.96. The van der Waals surface area contributed by atoms with Gasteiger partial charge in [-0.1, -0.05) is 23.7 Å². The number of aryl methyl sites for hydroxylation is 1. The van der Waals surface area contributed by atoms with Crippen molar-refractivity contribution in [2.75, 3.05) is 12.3 Å². The van der Waals surface area contributed by atoms with Crippen molar-refractivity contribution in [3.63, 3.8) is 0 Å². The zero-order valence-electron chi connectivity index (χ0n) is 9.34. The van der Waals surface area contributed by atoms with Gasteiger partial charge < -0.3 is 10.5 Å². The molecule has 0 spiro atoms. The van der Waals surface area contributed by atoms with Gasteiger partial charge in [0.15, 0.2) is 0 Å². The number of rotatable bonds is 5. The Hall–Kier alpha value is -1.68. The van der Waals surface area contributed by atoms with Crippen LogP contribution in [0.3, 0.4) is 0 Å². The number of aromatic nitrogens is 2. The summed E-state index contributed by atoms with van der Waals surface area (Å²) in [6.45, 7) is 1.38. The Labute approximate surface area is 105 Å². The SMILES string of the molecule is Nc1cnn(CCCOc2ccccc2Cl)c1. The predicted molar refractivity (Wildman–Crippen MR) is 68.2 cm³/mol. The van der Waals surface area contributed by atoms with Crippen molar-refractivity contribution < 1.29 is 4.74 Å². The molecule has 0 aliphatic carbocycles. The van der Waals surface area contributed by atoms with Crippen LogP contribution < -0.4 is 10.5 Å². The van der Waals surface area contributed by atoms with Gasteiger partial charge in [0.2, 0.25) is 0 Å². The van der Waals surface area contributed by atoms with Gasteiger partial charge in [0.1, 0.15) is 5.75 Å². The third-order valence-corrected chi connectivity index (χ3v) is 2.59. The van der Waals surface area contributed by atoms with E-state index in [1.165, 1.54) is 0 Å². The first-order chi connectivity index (χ1) is 8.25. The summed E-state index contributed by atoms with van der Waals surface area (Å²) in [5.74, 6) is 0.717. The summed E-state index contributed by atoms with van der Waals surface area (Å²) in [6, 6.07) is 7.44. The third-order valence-electron chi connectivity index (χ3n) is 2.28. The smallest absolute Gasteiger partial charge is 0.137 e. The summed E-state index contributed by atoms with van der Waals surface area (Å²) in [5, 5.41) is 4.72. The summed E-state index contributed by atoms with van der Waals surface area (Å²) in [5.41, 5.74) is 6.24. The molecule has 0 bridgehead atoms. The van der Waals surface area contributed by atoms with E-state index in [1.807, 2.05) is 24.3 Å². The van der Waals surface area contributed by atoms with Crippen molar-refractivity contribution >= 4 is 17.3 Å². The van der Waals surface area contributed by atoms with Crippen LogP contribution in [0.15, 0.2) is 36.7 Å². The molecule has 0 aliphatic rings. The zero-order valence-corrected chi connectivity index (χ0v) is 10.1. The van der Waals surface area contributed by atoms with E-state index < -0.39 is 0 Å². The average molecular weight is 252 g/mol. The minimum absolute atomic E-state index is 0.601. The second-order valence-electron chi connectivity index (χ2n) is 3.67. The van der Waals surface area contributed by atoms with Crippen molar-refractivity contribution in [2.45, 2.75) is 13.0 Å². The van der Waals surface area contributed by atoms with E-state index in [0.717, 1.165) is 13.0 Å². The van der Waals surface area contributed by atoms with Gasteiger partial charge in [-0.05, 0) is 12.1 Å². The van der Waals surface area contributed by atoms with Crippen molar-refractivity contribution in [3.05, 3.63) is 41.7 Å². The van der Waals surface area contributed by atoms with Crippen molar-refractivity contribution in [2.24, 2.45) is 0 Å². The van der Waals surface area contributed by atoms with E-state index in [4.69, 9.17) is 22.1 Å². The monoisotopic (exact) mass is 251 g/mol. The minimum Gasteiger partial charge on any atom is -0.492 e. The molecule has 90 valence electrons. The molecule has 0 radical (unpaired) electrons. The lowest BCUT2D eigenvalue weighted by Crippen LogP contribution is -2.05. The quantitative estimate of drug-likeness (QED) is 0.831. The molecular weight excluding hydrogens is 238 g/mol. The van der Waals surface area contributed by atoms with E-state index in [-0.39, 0.29) is 0 Å². The number of nitrogens with two attached hydrogens (primary N) is 1. The normalized spacial score (nSPS) is 10.4. The number of anilines is 1. The molecule has 5 heteroatoms. The van der Waals surface area contributed by atoms with Gasteiger partial charge in [-0.2, -0.15) is 5.10 Å². The molecular formula is C12H14ClN3O. The van der Waals surface area contributed by atoms with E-state index >= 15 is 0 Å². The maximum Gasteiger partial charge on any atom is 0.137 e. The second kappa shape index (κ2) is 5.59. The van der Waals surface area contributed by atoms with Crippen molar-refractivity contribution in [1.82, 2.24) is 9.78 Å². The van der Waals surface area contributed by atoms with Crippen molar-refractivity contribution in [3.8, 4) is 5.75 Å². The number of hydrogen-bond donors (Lipinski definition) is 1. The zero-order chi connectivity index (χ0) is 12.1. The fraction of sp³-hybridized carbons (Fsp3) is 0.250. The number of nitrogens with zero attached hydrogens (tertiary/aromatic N) is 2. The number of nitrogen functional groups attached to an aromatic ring is 1. The van der Waals surface area contributed by atoms with Gasteiger partial charge >= 0.3 is 0 Å². The Bertz CT molecular complexity index is 484. The minimum atomic E-state index is 0.601. The Morgan fingerprint density at radius 2 is 2.18 bits per heavy atom. The van der Waals surface area contributed by atoms with Crippen LogP contribution in [0, 0.1) is 0 Å². The van der Waals surface area contributed by atoms with Gasteiger partial charge in [-0.25, -0.2) is 0 Å². The van der Waals surface area contributed by atoms with E-state index in [0.29, 0.717) is 23.1 Å². The highest BCUT2D eigenvalue weighted by molar-refractivity contribution is 6.32. The van der Waals surface area contributed by atoms with E-state index in [9.17, 15) is 0 Å². The Morgan fingerprint density at radius 3 is 2.88 bits per heavy atom.